The number of Topliss-reactive ketones (excluding diaryl/α,β-unsaturated/α-hetero) is 1. The average Bonchev–Trinajstić information content (AvgIpc) is 2.56. The lowest BCUT2D eigenvalue weighted by atomic mass is 9.56. The van der Waals surface area contributed by atoms with Gasteiger partial charge in [0.05, 0.1) is 12.2 Å². The SMILES string of the molecule is C[C@@H]1[C@H]2OC(=O)[C@@]34O[C@@H]1C[C@@H]([C@@H]23)[C@@H](O)CC4=O. The van der Waals surface area contributed by atoms with Crippen molar-refractivity contribution in [1.29, 1.82) is 0 Å². The van der Waals surface area contributed by atoms with Crippen LogP contribution in [0, 0.1) is 17.8 Å². The summed E-state index contributed by atoms with van der Waals surface area (Å²) in [6.07, 6.45) is -0.282. The fraction of sp³-hybridized carbons (Fsp3) is 0.833. The normalized spacial score (nSPS) is 59.4. The molecular formula is C12H14O5. The van der Waals surface area contributed by atoms with Gasteiger partial charge in [0.25, 0.3) is 0 Å². The molecule has 0 aromatic rings. The fourth-order valence-corrected chi connectivity index (χ4v) is 4.25. The maximum absolute atomic E-state index is 12.1. The molecule has 1 N–H and O–H groups in total. The first-order valence-corrected chi connectivity index (χ1v) is 6.16. The van der Waals surface area contributed by atoms with E-state index in [0.717, 1.165) is 6.42 Å². The Morgan fingerprint density at radius 3 is 2.94 bits per heavy atom. The minimum Gasteiger partial charge on any atom is -0.459 e. The van der Waals surface area contributed by atoms with Gasteiger partial charge >= 0.3 is 5.97 Å². The Kier molecular flexibility index (Phi) is 1.61. The van der Waals surface area contributed by atoms with E-state index in [2.05, 4.69) is 0 Å². The highest BCUT2D eigenvalue weighted by Crippen LogP contribution is 2.59. The van der Waals surface area contributed by atoms with Gasteiger partial charge in [-0.25, -0.2) is 4.79 Å². The average molecular weight is 238 g/mol. The molecular weight excluding hydrogens is 224 g/mol. The molecule has 5 nitrogen and oxygen atoms in total. The molecule has 3 saturated heterocycles. The van der Waals surface area contributed by atoms with Crippen LogP contribution in [0.5, 0.6) is 0 Å². The molecule has 0 amide bonds. The zero-order valence-electron chi connectivity index (χ0n) is 9.46. The van der Waals surface area contributed by atoms with Crippen LogP contribution >= 0.6 is 0 Å². The van der Waals surface area contributed by atoms with Crippen molar-refractivity contribution in [2.75, 3.05) is 0 Å². The number of ketones is 1. The molecule has 0 unspecified atom stereocenters. The summed E-state index contributed by atoms with van der Waals surface area (Å²) in [4.78, 5) is 24.1. The summed E-state index contributed by atoms with van der Waals surface area (Å²) in [7, 11) is 0. The predicted molar refractivity (Wildman–Crippen MR) is 53.9 cm³/mol. The first-order valence-electron chi connectivity index (χ1n) is 6.16. The first kappa shape index (κ1) is 10.0. The summed E-state index contributed by atoms with van der Waals surface area (Å²) in [5, 5.41) is 10.0. The highest BCUT2D eigenvalue weighted by molar-refractivity contribution is 6.10. The van der Waals surface area contributed by atoms with E-state index in [9.17, 15) is 14.7 Å². The number of rotatable bonds is 0. The van der Waals surface area contributed by atoms with Crippen molar-refractivity contribution in [2.24, 2.45) is 17.8 Å². The van der Waals surface area contributed by atoms with Crippen LogP contribution in [0.3, 0.4) is 0 Å². The van der Waals surface area contributed by atoms with Gasteiger partial charge in [0, 0.05) is 18.3 Å². The Bertz CT molecular complexity index is 433. The number of hydrogen-bond donors (Lipinski definition) is 1. The molecule has 5 fully saturated rings. The molecule has 2 aliphatic carbocycles. The van der Waals surface area contributed by atoms with Crippen LogP contribution in [0.1, 0.15) is 19.8 Å². The summed E-state index contributed by atoms with van der Waals surface area (Å²) < 4.78 is 11.1. The van der Waals surface area contributed by atoms with Crippen LogP contribution in [0.2, 0.25) is 0 Å². The number of carbonyl (C=O) groups excluding carboxylic acids is 2. The molecule has 0 aromatic carbocycles. The molecule has 7 atom stereocenters. The molecule has 0 spiro atoms. The Morgan fingerprint density at radius 2 is 2.18 bits per heavy atom. The van der Waals surface area contributed by atoms with Crippen LogP contribution in [0.25, 0.3) is 0 Å². The lowest BCUT2D eigenvalue weighted by Crippen LogP contribution is -2.70. The summed E-state index contributed by atoms with van der Waals surface area (Å²) in [6, 6.07) is 0. The third-order valence-electron chi connectivity index (χ3n) is 5.08. The van der Waals surface area contributed by atoms with Crippen LogP contribution < -0.4 is 0 Å². The van der Waals surface area contributed by atoms with Gasteiger partial charge in [0.1, 0.15) is 6.10 Å². The van der Waals surface area contributed by atoms with E-state index < -0.39 is 17.7 Å². The van der Waals surface area contributed by atoms with E-state index in [1.807, 2.05) is 6.92 Å². The maximum Gasteiger partial charge on any atom is 0.347 e. The largest absolute Gasteiger partial charge is 0.459 e. The molecule has 5 rings (SSSR count). The third-order valence-corrected chi connectivity index (χ3v) is 5.08. The summed E-state index contributed by atoms with van der Waals surface area (Å²) in [5.41, 5.74) is -1.37. The van der Waals surface area contributed by atoms with Crippen molar-refractivity contribution in [3.8, 4) is 0 Å². The Hall–Kier alpha value is -0.940. The summed E-state index contributed by atoms with van der Waals surface area (Å²) in [6.45, 7) is 1.99. The second-order valence-corrected chi connectivity index (χ2v) is 5.74. The monoisotopic (exact) mass is 238 g/mol. The molecule has 3 aliphatic heterocycles. The smallest absolute Gasteiger partial charge is 0.347 e. The van der Waals surface area contributed by atoms with Crippen LogP contribution in [-0.2, 0) is 19.1 Å². The molecule has 92 valence electrons. The third kappa shape index (κ3) is 0.879. The van der Waals surface area contributed by atoms with E-state index in [-0.39, 0.29) is 42.2 Å². The highest BCUT2D eigenvalue weighted by Gasteiger charge is 2.76. The minimum atomic E-state index is -1.37. The fourth-order valence-electron chi connectivity index (χ4n) is 4.25. The van der Waals surface area contributed by atoms with E-state index in [4.69, 9.17) is 9.47 Å². The maximum atomic E-state index is 12.1. The van der Waals surface area contributed by atoms with Crippen LogP contribution in [-0.4, -0.2) is 40.8 Å². The number of esters is 1. The lowest BCUT2D eigenvalue weighted by Gasteiger charge is -2.55. The molecule has 3 heterocycles. The van der Waals surface area contributed by atoms with Crippen molar-refractivity contribution in [3.05, 3.63) is 0 Å². The number of aliphatic hydroxyl groups is 1. The van der Waals surface area contributed by atoms with E-state index in [1.165, 1.54) is 0 Å². The van der Waals surface area contributed by atoms with E-state index >= 15 is 0 Å². The van der Waals surface area contributed by atoms with Crippen molar-refractivity contribution in [1.82, 2.24) is 0 Å². The topological polar surface area (TPSA) is 72.8 Å². The molecule has 5 bridgehead atoms. The zero-order chi connectivity index (χ0) is 11.9. The Labute approximate surface area is 98.1 Å². The Balaban J connectivity index is 1.91. The molecule has 0 aromatic heterocycles. The number of carbonyl (C=O) groups is 2. The standard InChI is InChI=1S/C12H14O5/c1-4-7-2-5-6(13)3-8(14)12(17-7)9(5)10(4)16-11(12)15/h4-7,9-10,13H,2-3H2,1H3/t4-,5+,6-,7+,9-,10+,12-/m0/s1. The molecule has 5 heteroatoms. The second-order valence-electron chi connectivity index (χ2n) is 5.74. The zero-order valence-corrected chi connectivity index (χ0v) is 9.46. The van der Waals surface area contributed by atoms with Gasteiger partial charge in [-0.1, -0.05) is 6.92 Å². The van der Waals surface area contributed by atoms with E-state index in [0.29, 0.717) is 0 Å². The molecule has 2 saturated carbocycles. The molecule has 17 heavy (non-hydrogen) atoms. The van der Waals surface area contributed by atoms with Gasteiger partial charge in [-0.2, -0.15) is 0 Å². The predicted octanol–water partition coefficient (Wildman–Crippen LogP) is -0.345. The van der Waals surface area contributed by atoms with Gasteiger partial charge in [0.15, 0.2) is 5.78 Å². The van der Waals surface area contributed by atoms with Crippen LogP contribution in [0.15, 0.2) is 0 Å². The van der Waals surface area contributed by atoms with Gasteiger partial charge in [-0.15, -0.1) is 0 Å². The van der Waals surface area contributed by atoms with Gasteiger partial charge < -0.3 is 14.6 Å². The molecule has 0 radical (unpaired) electrons. The number of ether oxygens (including phenoxy) is 2. The summed E-state index contributed by atoms with van der Waals surface area (Å²) >= 11 is 0. The van der Waals surface area contributed by atoms with Crippen molar-refractivity contribution < 1.29 is 24.2 Å². The van der Waals surface area contributed by atoms with Gasteiger partial charge in [-0.3, -0.25) is 4.79 Å². The van der Waals surface area contributed by atoms with Crippen LogP contribution in [0.4, 0.5) is 0 Å². The summed E-state index contributed by atoms with van der Waals surface area (Å²) in [5.74, 6) is -1.00. The van der Waals surface area contributed by atoms with Crippen molar-refractivity contribution >= 4 is 11.8 Å². The Morgan fingerprint density at radius 1 is 1.41 bits per heavy atom. The first-order chi connectivity index (χ1) is 8.05. The number of aliphatic hydroxyl groups excluding tert-OH is 1. The number of hydrogen-bond acceptors (Lipinski definition) is 5. The molecule has 5 aliphatic rings. The van der Waals surface area contributed by atoms with Crippen molar-refractivity contribution in [2.45, 2.75) is 43.7 Å². The second kappa shape index (κ2) is 2.72. The van der Waals surface area contributed by atoms with E-state index in [1.54, 1.807) is 0 Å². The van der Waals surface area contributed by atoms with Gasteiger partial charge in [-0.05, 0) is 12.3 Å². The lowest BCUT2D eigenvalue weighted by molar-refractivity contribution is -0.243. The quantitative estimate of drug-likeness (QED) is 0.461. The minimum absolute atomic E-state index is 0.0179. The van der Waals surface area contributed by atoms with Crippen molar-refractivity contribution in [3.63, 3.8) is 0 Å². The van der Waals surface area contributed by atoms with Gasteiger partial charge in [0.2, 0.25) is 5.60 Å². The highest BCUT2D eigenvalue weighted by atomic mass is 16.6.